The Kier molecular flexibility index (Phi) is 5.85. The Labute approximate surface area is 185 Å². The first-order chi connectivity index (χ1) is 14.4. The molecule has 1 aliphatic heterocycles. The number of esters is 1. The van der Waals surface area contributed by atoms with Crippen molar-refractivity contribution in [3.63, 3.8) is 0 Å². The minimum Gasteiger partial charge on any atom is -0.460 e. The van der Waals surface area contributed by atoms with Gasteiger partial charge in [-0.2, -0.15) is 0 Å². The summed E-state index contributed by atoms with van der Waals surface area (Å²) in [6.45, 7) is 5.50. The maximum Gasteiger partial charge on any atom is 0.337 e. The largest absolute Gasteiger partial charge is 0.460 e. The van der Waals surface area contributed by atoms with Crippen LogP contribution in [-0.2, 0) is 14.3 Å². The number of benzene rings is 1. The van der Waals surface area contributed by atoms with Gasteiger partial charge in [0.25, 0.3) is 0 Å². The molecule has 1 aliphatic carbocycles. The van der Waals surface area contributed by atoms with Crippen molar-refractivity contribution in [3.8, 4) is 0 Å². The van der Waals surface area contributed by atoms with Gasteiger partial charge < -0.3 is 10.1 Å². The normalized spacial score (nSPS) is 21.6. The second-order valence-electron chi connectivity index (χ2n) is 8.01. The lowest BCUT2D eigenvalue weighted by Crippen LogP contribution is -2.36. The summed E-state index contributed by atoms with van der Waals surface area (Å²) < 4.78 is 5.53. The van der Waals surface area contributed by atoms with Crippen molar-refractivity contribution in [2.24, 2.45) is 0 Å². The van der Waals surface area contributed by atoms with Gasteiger partial charge in [-0.3, -0.25) is 4.79 Å². The van der Waals surface area contributed by atoms with E-state index in [0.29, 0.717) is 28.3 Å². The number of dihydropyridines is 1. The van der Waals surface area contributed by atoms with Gasteiger partial charge in [0.1, 0.15) is 0 Å². The molecule has 0 unspecified atom stereocenters. The van der Waals surface area contributed by atoms with Gasteiger partial charge in [-0.1, -0.05) is 35.9 Å². The van der Waals surface area contributed by atoms with Crippen LogP contribution in [0.15, 0.2) is 64.3 Å². The predicted molar refractivity (Wildman–Crippen MR) is 120 cm³/mol. The zero-order valence-electron chi connectivity index (χ0n) is 17.2. The van der Waals surface area contributed by atoms with Crippen molar-refractivity contribution in [2.75, 3.05) is 0 Å². The minimum absolute atomic E-state index is 0.0504. The third-order valence-corrected chi connectivity index (χ3v) is 6.93. The number of rotatable bonds is 4. The van der Waals surface area contributed by atoms with Gasteiger partial charge in [0, 0.05) is 45.1 Å². The maximum atomic E-state index is 13.4. The number of allylic oxidation sites excluding steroid dienone is 3. The van der Waals surface area contributed by atoms with Crippen LogP contribution in [0.2, 0.25) is 5.02 Å². The molecule has 30 heavy (non-hydrogen) atoms. The fourth-order valence-electron chi connectivity index (χ4n) is 4.33. The number of halogens is 1. The monoisotopic (exact) mass is 441 g/mol. The number of ketones is 1. The van der Waals surface area contributed by atoms with Crippen LogP contribution >= 0.6 is 22.9 Å². The lowest BCUT2D eigenvalue weighted by molar-refractivity contribution is -0.143. The number of thiophene rings is 1. The number of hydrogen-bond donors (Lipinski definition) is 1. The fraction of sp³-hybridized carbons (Fsp3) is 0.333. The lowest BCUT2D eigenvalue weighted by Gasteiger charge is -2.36. The van der Waals surface area contributed by atoms with E-state index in [1.165, 1.54) is 4.88 Å². The van der Waals surface area contributed by atoms with Crippen molar-refractivity contribution in [2.45, 2.75) is 51.6 Å². The molecule has 1 N–H and O–H groups in total. The topological polar surface area (TPSA) is 55.4 Å². The number of carbonyl (C=O) groups is 2. The molecule has 0 fully saturated rings. The molecule has 2 aromatic rings. The number of Topliss-reactive ketones (excluding diaryl/α,β-unsaturated/α-hetero) is 1. The molecule has 0 radical (unpaired) electrons. The summed E-state index contributed by atoms with van der Waals surface area (Å²) in [5.74, 6) is -0.750. The maximum absolute atomic E-state index is 13.4. The SMILES string of the molecule is CC1=C(C(=O)OC(C)C)[C@@H](c2ccccc2Cl)C2=C(C[C@@H](c3cccs3)CC2=O)N1. The third kappa shape index (κ3) is 3.84. The summed E-state index contributed by atoms with van der Waals surface area (Å²) in [6, 6.07) is 11.5. The lowest BCUT2D eigenvalue weighted by atomic mass is 9.72. The van der Waals surface area contributed by atoms with Crippen molar-refractivity contribution in [1.29, 1.82) is 0 Å². The van der Waals surface area contributed by atoms with Crippen molar-refractivity contribution in [1.82, 2.24) is 5.32 Å². The Morgan fingerprint density at radius 1 is 1.20 bits per heavy atom. The highest BCUT2D eigenvalue weighted by molar-refractivity contribution is 7.10. The molecular formula is C24H24ClNO3S. The molecule has 0 bridgehead atoms. The van der Waals surface area contributed by atoms with Crippen LogP contribution in [-0.4, -0.2) is 17.9 Å². The van der Waals surface area contributed by atoms with Crippen molar-refractivity contribution < 1.29 is 14.3 Å². The minimum atomic E-state index is -0.530. The Bertz CT molecular complexity index is 1050. The third-order valence-electron chi connectivity index (χ3n) is 5.55. The summed E-state index contributed by atoms with van der Waals surface area (Å²) >= 11 is 8.22. The average molecular weight is 442 g/mol. The average Bonchev–Trinajstić information content (AvgIpc) is 3.21. The molecule has 2 aliphatic rings. The molecular weight excluding hydrogens is 418 g/mol. The van der Waals surface area contributed by atoms with E-state index in [-0.39, 0.29) is 17.8 Å². The summed E-state index contributed by atoms with van der Waals surface area (Å²) in [5.41, 5.74) is 3.44. The number of nitrogens with one attached hydrogen (secondary N) is 1. The van der Waals surface area contributed by atoms with E-state index >= 15 is 0 Å². The summed E-state index contributed by atoms with van der Waals surface area (Å²) in [5, 5.41) is 5.93. The fourth-order valence-corrected chi connectivity index (χ4v) is 5.41. The van der Waals surface area contributed by atoms with Gasteiger partial charge in [-0.15, -0.1) is 11.3 Å². The molecule has 4 rings (SSSR count). The van der Waals surface area contributed by atoms with Gasteiger partial charge >= 0.3 is 5.97 Å². The van der Waals surface area contributed by atoms with Crippen LogP contribution in [0.25, 0.3) is 0 Å². The first kappa shape index (κ1) is 20.9. The van der Waals surface area contributed by atoms with Crippen LogP contribution < -0.4 is 5.32 Å². The number of carbonyl (C=O) groups excluding carboxylic acids is 2. The molecule has 4 nitrogen and oxygen atoms in total. The molecule has 2 heterocycles. The highest BCUT2D eigenvalue weighted by atomic mass is 35.5. The van der Waals surface area contributed by atoms with Gasteiger partial charge in [-0.25, -0.2) is 4.79 Å². The Morgan fingerprint density at radius 3 is 2.63 bits per heavy atom. The summed E-state index contributed by atoms with van der Waals surface area (Å²) in [4.78, 5) is 27.7. The Hall–Kier alpha value is -2.37. The molecule has 6 heteroatoms. The van der Waals surface area contributed by atoms with E-state index in [1.807, 2.05) is 50.4 Å². The van der Waals surface area contributed by atoms with E-state index in [4.69, 9.17) is 16.3 Å². The Balaban J connectivity index is 1.83. The van der Waals surface area contributed by atoms with Crippen molar-refractivity contribution in [3.05, 3.63) is 79.8 Å². The van der Waals surface area contributed by atoms with Crippen LogP contribution in [0.4, 0.5) is 0 Å². The first-order valence-electron chi connectivity index (χ1n) is 10.1. The number of hydrogen-bond acceptors (Lipinski definition) is 5. The molecule has 0 spiro atoms. The molecule has 2 atom stereocenters. The molecule has 0 saturated carbocycles. The zero-order valence-corrected chi connectivity index (χ0v) is 18.8. The van der Waals surface area contributed by atoms with Gasteiger partial charge in [0.05, 0.1) is 11.7 Å². The molecule has 0 saturated heterocycles. The predicted octanol–water partition coefficient (Wildman–Crippen LogP) is 5.71. The standard InChI is InChI=1S/C24H24ClNO3S/c1-13(2)29-24(28)21-14(3)26-18-11-15(20-9-6-10-30-20)12-19(27)23(18)22(21)16-7-4-5-8-17(16)25/h4-10,13,15,22,26H,11-12H2,1-3H3/t15-,22-/m1/s1. The number of ether oxygens (including phenoxy) is 1. The van der Waals surface area contributed by atoms with E-state index < -0.39 is 11.9 Å². The van der Waals surface area contributed by atoms with E-state index in [0.717, 1.165) is 17.7 Å². The van der Waals surface area contributed by atoms with Gasteiger partial charge in [-0.05, 0) is 50.3 Å². The van der Waals surface area contributed by atoms with Crippen LogP contribution in [0.3, 0.4) is 0 Å². The van der Waals surface area contributed by atoms with Crippen LogP contribution in [0.5, 0.6) is 0 Å². The molecule has 0 amide bonds. The van der Waals surface area contributed by atoms with Crippen LogP contribution in [0.1, 0.15) is 55.9 Å². The second kappa shape index (κ2) is 8.40. The second-order valence-corrected chi connectivity index (χ2v) is 9.39. The van der Waals surface area contributed by atoms with Crippen molar-refractivity contribution >= 4 is 34.7 Å². The highest BCUT2D eigenvalue weighted by Gasteiger charge is 2.42. The van der Waals surface area contributed by atoms with Gasteiger partial charge in [0.2, 0.25) is 0 Å². The first-order valence-corrected chi connectivity index (χ1v) is 11.4. The van der Waals surface area contributed by atoms with Gasteiger partial charge in [0.15, 0.2) is 5.78 Å². The zero-order chi connectivity index (χ0) is 21.4. The molecule has 1 aromatic heterocycles. The summed E-state index contributed by atoms with van der Waals surface area (Å²) in [7, 11) is 0. The summed E-state index contributed by atoms with van der Waals surface area (Å²) in [6.07, 6.45) is 0.894. The molecule has 156 valence electrons. The van der Waals surface area contributed by atoms with Crippen LogP contribution in [0, 0.1) is 0 Å². The highest BCUT2D eigenvalue weighted by Crippen LogP contribution is 2.47. The van der Waals surface area contributed by atoms with E-state index in [1.54, 1.807) is 17.4 Å². The smallest absolute Gasteiger partial charge is 0.337 e. The van der Waals surface area contributed by atoms with E-state index in [2.05, 4.69) is 11.4 Å². The molecule has 1 aromatic carbocycles. The Morgan fingerprint density at radius 2 is 1.97 bits per heavy atom. The van der Waals surface area contributed by atoms with E-state index in [9.17, 15) is 9.59 Å². The quantitative estimate of drug-likeness (QED) is 0.617.